The molecule has 0 N–H and O–H groups in total. The molecule has 0 radical (unpaired) electrons. The van der Waals surface area contributed by atoms with Crippen LogP contribution in [0.3, 0.4) is 0 Å². The number of ether oxygens (including phenoxy) is 1. The Morgan fingerprint density at radius 3 is 2.76 bits per heavy atom. The molecular formula is C24H16Cl2N2O4S2. The molecule has 4 aromatic rings. The number of fused-ring (bicyclic) bond motifs is 1. The summed E-state index contributed by atoms with van der Waals surface area (Å²) in [6, 6.07) is 12.0. The molecule has 0 bridgehead atoms. The molecule has 6 nitrogen and oxygen atoms in total. The number of thiophene rings is 1. The summed E-state index contributed by atoms with van der Waals surface area (Å²) in [4.78, 5) is 32.0. The molecule has 1 aliphatic rings. The molecule has 0 spiro atoms. The summed E-state index contributed by atoms with van der Waals surface area (Å²) in [6.07, 6.45) is 1.66. The van der Waals surface area contributed by atoms with Gasteiger partial charge in [-0.1, -0.05) is 46.7 Å². The smallest absolute Gasteiger partial charge is 0.338 e. The van der Waals surface area contributed by atoms with Gasteiger partial charge in [0.2, 0.25) is 0 Å². The Kier molecular flexibility index (Phi) is 6.07. The number of rotatable bonds is 4. The van der Waals surface area contributed by atoms with Crippen LogP contribution in [-0.2, 0) is 9.53 Å². The number of hydrogen-bond donors (Lipinski definition) is 0. The number of thiazole rings is 1. The summed E-state index contributed by atoms with van der Waals surface area (Å²) in [7, 11) is 1.32. The minimum Gasteiger partial charge on any atom is -0.466 e. The van der Waals surface area contributed by atoms with Gasteiger partial charge in [0.25, 0.3) is 5.56 Å². The number of benzene rings is 1. The maximum absolute atomic E-state index is 13.5. The number of nitrogens with zero attached hydrogens (tertiary/aromatic N) is 2. The Balaban J connectivity index is 1.64. The van der Waals surface area contributed by atoms with Gasteiger partial charge in [-0.3, -0.25) is 9.36 Å². The zero-order valence-electron chi connectivity index (χ0n) is 17.9. The summed E-state index contributed by atoms with van der Waals surface area (Å²) in [6.45, 7) is 1.75. The topological polar surface area (TPSA) is 73.8 Å². The van der Waals surface area contributed by atoms with Crippen LogP contribution in [0.25, 0.3) is 17.4 Å². The van der Waals surface area contributed by atoms with Crippen molar-refractivity contribution in [1.82, 2.24) is 4.57 Å². The molecule has 5 rings (SSSR count). The van der Waals surface area contributed by atoms with Crippen molar-refractivity contribution < 1.29 is 13.9 Å². The van der Waals surface area contributed by atoms with E-state index in [0.717, 1.165) is 4.88 Å². The quantitative estimate of drug-likeness (QED) is 0.346. The molecule has 1 atom stereocenters. The zero-order chi connectivity index (χ0) is 24.0. The van der Waals surface area contributed by atoms with Crippen LogP contribution in [0, 0.1) is 0 Å². The van der Waals surface area contributed by atoms with Crippen LogP contribution in [0.2, 0.25) is 10.0 Å². The van der Waals surface area contributed by atoms with Crippen LogP contribution >= 0.6 is 45.9 Å². The van der Waals surface area contributed by atoms with Crippen molar-refractivity contribution in [3.8, 4) is 11.3 Å². The van der Waals surface area contributed by atoms with Gasteiger partial charge in [-0.15, -0.1) is 11.3 Å². The van der Waals surface area contributed by atoms with Gasteiger partial charge in [0.15, 0.2) is 4.80 Å². The minimum atomic E-state index is -0.608. The third-order valence-corrected chi connectivity index (χ3v) is 8.08. The third kappa shape index (κ3) is 3.86. The highest BCUT2D eigenvalue weighted by atomic mass is 35.5. The summed E-state index contributed by atoms with van der Waals surface area (Å²) in [5, 5.41) is 2.72. The molecule has 0 saturated heterocycles. The lowest BCUT2D eigenvalue weighted by atomic mass is 10.0. The van der Waals surface area contributed by atoms with Gasteiger partial charge >= 0.3 is 5.97 Å². The van der Waals surface area contributed by atoms with E-state index in [1.807, 2.05) is 23.6 Å². The highest BCUT2D eigenvalue weighted by molar-refractivity contribution is 7.10. The number of hydrogen-bond acceptors (Lipinski definition) is 7. The highest BCUT2D eigenvalue weighted by Gasteiger charge is 2.33. The van der Waals surface area contributed by atoms with E-state index in [1.54, 1.807) is 41.8 Å². The number of furan rings is 1. The fourth-order valence-electron chi connectivity index (χ4n) is 3.81. The molecule has 1 aromatic carbocycles. The van der Waals surface area contributed by atoms with E-state index in [2.05, 4.69) is 4.99 Å². The molecule has 0 amide bonds. The fourth-order valence-corrected chi connectivity index (χ4v) is 6.05. The van der Waals surface area contributed by atoms with Crippen molar-refractivity contribution in [2.75, 3.05) is 7.11 Å². The summed E-state index contributed by atoms with van der Waals surface area (Å²) < 4.78 is 12.9. The fraction of sp³-hybridized carbons (Fsp3) is 0.125. The number of esters is 1. The van der Waals surface area contributed by atoms with Gasteiger partial charge in [0, 0.05) is 16.5 Å². The molecule has 0 saturated carbocycles. The van der Waals surface area contributed by atoms with Gasteiger partial charge < -0.3 is 9.15 Å². The number of methoxy groups -OCH3 is 1. The Morgan fingerprint density at radius 2 is 2.03 bits per heavy atom. The number of allylic oxidation sites excluding steroid dienone is 1. The molecule has 1 aliphatic heterocycles. The first-order valence-corrected chi connectivity index (χ1v) is 12.5. The second kappa shape index (κ2) is 9.03. The SMILES string of the molecule is COC(=O)C1=C(C)N=c2s/c(=C/c3ccc(-c4cccc(Cl)c4Cl)o3)c(=O)n2[C@H]1c1cccs1. The van der Waals surface area contributed by atoms with E-state index in [0.29, 0.717) is 47.7 Å². The number of carbonyl (C=O) groups is 1. The standard InChI is InChI=1S/C24H16Cl2N2O4S2/c1-12-19(23(30)31-2)21(17-7-4-10-33-17)28-22(29)18(34-24(28)27-12)11-13-8-9-16(32-13)14-5-3-6-15(25)20(14)26/h3-11,21H,1-2H3/b18-11+/t21-/m0/s1. The predicted molar refractivity (Wildman–Crippen MR) is 134 cm³/mol. The second-order valence-corrected chi connectivity index (χ2v) is 10.2. The predicted octanol–water partition coefficient (Wildman–Crippen LogP) is 5.04. The van der Waals surface area contributed by atoms with Crippen LogP contribution in [-0.4, -0.2) is 17.6 Å². The number of aromatic nitrogens is 1. The summed E-state index contributed by atoms with van der Waals surface area (Å²) in [5.74, 6) is 0.503. The molecule has 34 heavy (non-hydrogen) atoms. The van der Waals surface area contributed by atoms with Crippen molar-refractivity contribution in [2.24, 2.45) is 4.99 Å². The average molecular weight is 531 g/mol. The molecule has 10 heteroatoms. The van der Waals surface area contributed by atoms with Gasteiger partial charge in [0.1, 0.15) is 17.6 Å². The Labute approximate surface area is 211 Å². The first-order valence-electron chi connectivity index (χ1n) is 10.1. The zero-order valence-corrected chi connectivity index (χ0v) is 21.0. The van der Waals surface area contributed by atoms with Crippen LogP contribution in [0.5, 0.6) is 0 Å². The Morgan fingerprint density at radius 1 is 1.21 bits per heavy atom. The van der Waals surface area contributed by atoms with E-state index in [9.17, 15) is 9.59 Å². The van der Waals surface area contributed by atoms with Gasteiger partial charge in [-0.25, -0.2) is 9.79 Å². The van der Waals surface area contributed by atoms with Crippen LogP contribution in [0.4, 0.5) is 0 Å². The molecule has 0 aliphatic carbocycles. The lowest BCUT2D eigenvalue weighted by Crippen LogP contribution is -2.39. The minimum absolute atomic E-state index is 0.269. The van der Waals surface area contributed by atoms with Crippen LogP contribution in [0.15, 0.2) is 73.3 Å². The maximum atomic E-state index is 13.5. The van der Waals surface area contributed by atoms with Crippen LogP contribution < -0.4 is 14.9 Å². The molecule has 172 valence electrons. The Bertz CT molecular complexity index is 1630. The number of halogens is 2. The lowest BCUT2D eigenvalue weighted by molar-refractivity contribution is -0.136. The molecule has 0 unspecified atom stereocenters. The van der Waals surface area contributed by atoms with Crippen molar-refractivity contribution in [3.05, 3.63) is 99.5 Å². The van der Waals surface area contributed by atoms with E-state index < -0.39 is 12.0 Å². The average Bonchev–Trinajstić information content (AvgIpc) is 3.56. The summed E-state index contributed by atoms with van der Waals surface area (Å²) in [5.41, 5.74) is 1.26. The summed E-state index contributed by atoms with van der Waals surface area (Å²) >= 11 is 15.1. The molecule has 4 heterocycles. The maximum Gasteiger partial charge on any atom is 0.338 e. The lowest BCUT2D eigenvalue weighted by Gasteiger charge is -2.22. The molecule has 0 fully saturated rings. The van der Waals surface area contributed by atoms with E-state index >= 15 is 0 Å². The van der Waals surface area contributed by atoms with E-state index in [1.165, 1.54) is 29.8 Å². The number of carbonyl (C=O) groups excluding carboxylic acids is 1. The first kappa shape index (κ1) is 22.9. The normalized spacial score (nSPS) is 15.9. The van der Waals surface area contributed by atoms with Crippen molar-refractivity contribution in [2.45, 2.75) is 13.0 Å². The van der Waals surface area contributed by atoms with Crippen molar-refractivity contribution in [1.29, 1.82) is 0 Å². The third-order valence-electron chi connectivity index (χ3n) is 5.36. The first-order chi connectivity index (χ1) is 16.4. The molecular weight excluding hydrogens is 515 g/mol. The van der Waals surface area contributed by atoms with Crippen LogP contribution in [0.1, 0.15) is 23.6 Å². The largest absolute Gasteiger partial charge is 0.466 e. The van der Waals surface area contributed by atoms with Gasteiger partial charge in [-0.2, -0.15) is 0 Å². The van der Waals surface area contributed by atoms with Crippen molar-refractivity contribution in [3.63, 3.8) is 0 Å². The second-order valence-electron chi connectivity index (χ2n) is 7.39. The van der Waals surface area contributed by atoms with Gasteiger partial charge in [-0.05, 0) is 42.6 Å². The Hall–Kier alpha value is -2.91. The van der Waals surface area contributed by atoms with Gasteiger partial charge in [0.05, 0.1) is 33.0 Å². The highest BCUT2D eigenvalue weighted by Crippen LogP contribution is 2.35. The monoisotopic (exact) mass is 530 g/mol. The van der Waals surface area contributed by atoms with E-state index in [-0.39, 0.29) is 5.56 Å². The van der Waals surface area contributed by atoms with Crippen molar-refractivity contribution >= 4 is 57.9 Å². The molecule has 3 aromatic heterocycles. The van der Waals surface area contributed by atoms with E-state index in [4.69, 9.17) is 32.4 Å².